The maximum atomic E-state index is 12.7. The second-order valence-electron chi connectivity index (χ2n) is 3.36. The number of rotatable bonds is 2. The first-order chi connectivity index (χ1) is 8.48. The lowest BCUT2D eigenvalue weighted by Gasteiger charge is -2.12. The number of amides is 1. The lowest BCUT2D eigenvalue weighted by Crippen LogP contribution is -2.15. The highest BCUT2D eigenvalue weighted by Crippen LogP contribution is 2.34. The molecule has 0 aliphatic carbocycles. The summed E-state index contributed by atoms with van der Waals surface area (Å²) in [6.45, 7) is 0. The van der Waals surface area contributed by atoms with Gasteiger partial charge >= 0.3 is 6.18 Å². The molecule has 18 heavy (non-hydrogen) atoms. The SMILES string of the molecule is O=C(Nc1ccccc1C(F)(F)F)c1cncs1. The molecule has 0 aliphatic heterocycles. The van der Waals surface area contributed by atoms with Gasteiger partial charge in [-0.2, -0.15) is 13.2 Å². The van der Waals surface area contributed by atoms with Crippen molar-refractivity contribution in [1.82, 2.24) is 4.98 Å². The Balaban J connectivity index is 2.27. The molecule has 1 amide bonds. The van der Waals surface area contributed by atoms with E-state index in [2.05, 4.69) is 10.3 Å². The summed E-state index contributed by atoms with van der Waals surface area (Å²) in [5.74, 6) is -0.603. The summed E-state index contributed by atoms with van der Waals surface area (Å²) in [7, 11) is 0. The first-order valence-electron chi connectivity index (χ1n) is 4.84. The number of nitrogens with one attached hydrogen (secondary N) is 1. The minimum Gasteiger partial charge on any atom is -0.321 e. The first-order valence-corrected chi connectivity index (χ1v) is 5.72. The summed E-state index contributed by atoms with van der Waals surface area (Å²) in [5.41, 5.74) is 0.302. The highest BCUT2D eigenvalue weighted by molar-refractivity contribution is 7.11. The van der Waals surface area contributed by atoms with E-state index in [1.807, 2.05) is 0 Å². The molecule has 0 fully saturated rings. The molecule has 2 rings (SSSR count). The molecule has 1 aromatic heterocycles. The van der Waals surface area contributed by atoms with Crippen molar-refractivity contribution in [3.8, 4) is 0 Å². The smallest absolute Gasteiger partial charge is 0.321 e. The average molecular weight is 272 g/mol. The second kappa shape index (κ2) is 4.77. The molecule has 2 aromatic rings. The maximum Gasteiger partial charge on any atom is 0.418 e. The number of thiazole rings is 1. The minimum absolute atomic E-state index is 0.256. The van der Waals surface area contributed by atoms with Crippen molar-refractivity contribution in [2.24, 2.45) is 0 Å². The van der Waals surface area contributed by atoms with Gasteiger partial charge in [-0.1, -0.05) is 12.1 Å². The van der Waals surface area contributed by atoms with E-state index < -0.39 is 17.6 Å². The number of carbonyl (C=O) groups is 1. The first kappa shape index (κ1) is 12.6. The van der Waals surface area contributed by atoms with Gasteiger partial charge in [0.15, 0.2) is 0 Å². The van der Waals surface area contributed by atoms with Crippen LogP contribution in [0.2, 0.25) is 0 Å². The maximum absolute atomic E-state index is 12.7. The zero-order chi connectivity index (χ0) is 13.2. The Hall–Kier alpha value is -1.89. The van der Waals surface area contributed by atoms with Gasteiger partial charge in [0, 0.05) is 0 Å². The fraction of sp³-hybridized carbons (Fsp3) is 0.0909. The van der Waals surface area contributed by atoms with Crippen LogP contribution in [0, 0.1) is 0 Å². The van der Waals surface area contributed by atoms with E-state index in [1.54, 1.807) is 0 Å². The standard InChI is InChI=1S/C11H7F3N2OS/c12-11(13,14)7-3-1-2-4-8(7)16-10(17)9-5-15-6-18-9/h1-6H,(H,16,17). The molecular formula is C11H7F3N2OS. The number of para-hydroxylation sites is 1. The van der Waals surface area contributed by atoms with E-state index in [1.165, 1.54) is 29.9 Å². The van der Waals surface area contributed by atoms with Crippen molar-refractivity contribution in [2.45, 2.75) is 6.18 Å². The molecule has 0 spiro atoms. The van der Waals surface area contributed by atoms with Crippen molar-refractivity contribution in [1.29, 1.82) is 0 Å². The number of carbonyl (C=O) groups excluding carboxylic acids is 1. The summed E-state index contributed by atoms with van der Waals surface area (Å²) in [6.07, 6.45) is -3.20. The number of nitrogens with zero attached hydrogens (tertiary/aromatic N) is 1. The Morgan fingerprint density at radius 3 is 2.61 bits per heavy atom. The van der Waals surface area contributed by atoms with Gasteiger partial charge in [0.1, 0.15) is 4.88 Å². The Morgan fingerprint density at radius 1 is 1.28 bits per heavy atom. The zero-order valence-electron chi connectivity index (χ0n) is 8.86. The van der Waals surface area contributed by atoms with Crippen molar-refractivity contribution < 1.29 is 18.0 Å². The van der Waals surface area contributed by atoms with Crippen LogP contribution >= 0.6 is 11.3 Å². The molecule has 1 heterocycles. The summed E-state index contributed by atoms with van der Waals surface area (Å²) in [4.78, 5) is 15.6. The number of hydrogen-bond donors (Lipinski definition) is 1. The van der Waals surface area contributed by atoms with E-state index >= 15 is 0 Å². The fourth-order valence-corrected chi connectivity index (χ4v) is 1.87. The molecule has 1 aromatic carbocycles. The van der Waals surface area contributed by atoms with Crippen molar-refractivity contribution in [3.05, 3.63) is 46.4 Å². The van der Waals surface area contributed by atoms with Gasteiger partial charge in [-0.05, 0) is 12.1 Å². The summed E-state index contributed by atoms with van der Waals surface area (Å²) in [5, 5.41) is 2.23. The van der Waals surface area contributed by atoms with E-state index in [9.17, 15) is 18.0 Å². The van der Waals surface area contributed by atoms with Crippen LogP contribution in [-0.4, -0.2) is 10.9 Å². The molecule has 0 atom stereocenters. The third-order valence-corrected chi connectivity index (χ3v) is 2.91. The topological polar surface area (TPSA) is 42.0 Å². The van der Waals surface area contributed by atoms with Crippen LogP contribution in [-0.2, 0) is 6.18 Å². The lowest BCUT2D eigenvalue weighted by molar-refractivity contribution is -0.136. The Kier molecular flexibility index (Phi) is 3.33. The molecule has 3 nitrogen and oxygen atoms in total. The highest BCUT2D eigenvalue weighted by atomic mass is 32.1. The lowest BCUT2D eigenvalue weighted by atomic mass is 10.1. The summed E-state index contributed by atoms with van der Waals surface area (Å²) < 4.78 is 38.0. The van der Waals surface area contributed by atoms with Crippen LogP contribution in [0.25, 0.3) is 0 Å². The largest absolute Gasteiger partial charge is 0.418 e. The quantitative estimate of drug-likeness (QED) is 0.910. The van der Waals surface area contributed by atoms with Crippen LogP contribution in [0.1, 0.15) is 15.2 Å². The van der Waals surface area contributed by atoms with Gasteiger partial charge in [0.2, 0.25) is 0 Å². The van der Waals surface area contributed by atoms with Gasteiger partial charge in [-0.25, -0.2) is 0 Å². The summed E-state index contributed by atoms with van der Waals surface area (Å²) in [6, 6.07) is 4.83. The van der Waals surface area contributed by atoms with Crippen LogP contribution < -0.4 is 5.32 Å². The van der Waals surface area contributed by atoms with Crippen molar-refractivity contribution in [3.63, 3.8) is 0 Å². The molecule has 94 valence electrons. The van der Waals surface area contributed by atoms with Gasteiger partial charge in [0.25, 0.3) is 5.91 Å². The highest BCUT2D eigenvalue weighted by Gasteiger charge is 2.33. The van der Waals surface area contributed by atoms with Crippen LogP contribution in [0.4, 0.5) is 18.9 Å². The molecule has 0 saturated carbocycles. The number of hydrogen-bond acceptors (Lipinski definition) is 3. The minimum atomic E-state index is -4.50. The molecule has 1 N–H and O–H groups in total. The number of benzene rings is 1. The van der Waals surface area contributed by atoms with E-state index in [4.69, 9.17) is 0 Å². The molecule has 0 saturated heterocycles. The molecule has 0 bridgehead atoms. The predicted octanol–water partition coefficient (Wildman–Crippen LogP) is 3.41. The van der Waals surface area contributed by atoms with Gasteiger partial charge in [-0.3, -0.25) is 9.78 Å². The van der Waals surface area contributed by atoms with Gasteiger partial charge < -0.3 is 5.32 Å². The third kappa shape index (κ3) is 2.67. The third-order valence-electron chi connectivity index (χ3n) is 2.14. The molecule has 0 unspecified atom stereocenters. The van der Waals surface area contributed by atoms with Crippen molar-refractivity contribution in [2.75, 3.05) is 5.32 Å². The number of aromatic nitrogens is 1. The number of halogens is 3. The summed E-state index contributed by atoms with van der Waals surface area (Å²) >= 11 is 1.06. The van der Waals surface area contributed by atoms with Crippen LogP contribution in [0.3, 0.4) is 0 Å². The Bertz CT molecular complexity index is 552. The van der Waals surface area contributed by atoms with Gasteiger partial charge in [0.05, 0.1) is 23.0 Å². The van der Waals surface area contributed by atoms with E-state index in [0.29, 0.717) is 0 Å². The van der Waals surface area contributed by atoms with Crippen LogP contribution in [0.5, 0.6) is 0 Å². The normalized spacial score (nSPS) is 11.3. The van der Waals surface area contributed by atoms with Crippen molar-refractivity contribution >= 4 is 22.9 Å². The zero-order valence-corrected chi connectivity index (χ0v) is 9.68. The fourth-order valence-electron chi connectivity index (χ4n) is 1.35. The van der Waals surface area contributed by atoms with E-state index in [0.717, 1.165) is 17.4 Å². The van der Waals surface area contributed by atoms with Gasteiger partial charge in [-0.15, -0.1) is 11.3 Å². The number of anilines is 1. The Labute approximate surface area is 104 Å². The van der Waals surface area contributed by atoms with Crippen LogP contribution in [0.15, 0.2) is 36.0 Å². The Morgan fingerprint density at radius 2 is 2.00 bits per heavy atom. The average Bonchev–Trinajstić information content (AvgIpc) is 2.81. The molecule has 0 radical (unpaired) electrons. The van der Waals surface area contributed by atoms with E-state index in [-0.39, 0.29) is 10.6 Å². The molecule has 7 heteroatoms. The molecule has 0 aliphatic rings. The molecular weight excluding hydrogens is 265 g/mol. The number of alkyl halides is 3. The second-order valence-corrected chi connectivity index (χ2v) is 4.25. The monoisotopic (exact) mass is 272 g/mol. The predicted molar refractivity (Wildman–Crippen MR) is 61.5 cm³/mol.